The van der Waals surface area contributed by atoms with Crippen LogP contribution in [0.3, 0.4) is 0 Å². The van der Waals surface area contributed by atoms with E-state index in [4.69, 9.17) is 0 Å². The van der Waals surface area contributed by atoms with Crippen LogP contribution >= 0.6 is 0 Å². The van der Waals surface area contributed by atoms with Gasteiger partial charge < -0.3 is 5.11 Å². The molecule has 1 aliphatic rings. The molecule has 0 fully saturated rings. The van der Waals surface area contributed by atoms with Crippen LogP contribution in [0.4, 0.5) is 0 Å². The van der Waals surface area contributed by atoms with Crippen molar-refractivity contribution < 1.29 is 5.11 Å². The molecule has 0 bridgehead atoms. The molecule has 10 radical (unpaired) electrons. The third-order valence-electron chi connectivity index (χ3n) is 2.85. The number of hydrogen-bond acceptors (Lipinski definition) is 1. The Bertz CT molecular complexity index is 421. The molecule has 80 valence electrons. The number of rotatable bonds is 2. The summed E-state index contributed by atoms with van der Waals surface area (Å²) in [6.07, 6.45) is 0.842. The SMILES string of the molecule is Oc1ccc(C/C2=C/[B][B][B][B][B][B][B][B][B][B]2)cc1. The summed E-state index contributed by atoms with van der Waals surface area (Å²) in [6, 6.07) is 7.33. The first kappa shape index (κ1) is 15.8. The van der Waals surface area contributed by atoms with Gasteiger partial charge in [0.2, 0.25) is 0 Å². The summed E-state index contributed by atoms with van der Waals surface area (Å²) in [4.78, 5) is 0. The molecule has 0 amide bonds. The minimum Gasteiger partial charge on any atom is -0.508 e. The smallest absolute Gasteiger partial charge is 0.115 e. The van der Waals surface area contributed by atoms with E-state index in [1.54, 1.807) is 12.1 Å². The second-order valence-corrected chi connectivity index (χ2v) is 4.48. The van der Waals surface area contributed by atoms with E-state index < -0.39 is 0 Å². The molecule has 1 aromatic carbocycles. The first-order chi connectivity index (χ1) is 9.84. The predicted octanol–water partition coefficient (Wildman–Crippen LogP) is -1.93. The van der Waals surface area contributed by atoms with E-state index in [9.17, 15) is 5.11 Å². The zero-order valence-corrected chi connectivity index (χ0v) is 11.3. The molecular formula is C9H8B10O. The van der Waals surface area contributed by atoms with Crippen molar-refractivity contribution in [3.05, 3.63) is 41.3 Å². The van der Waals surface area contributed by atoms with Crippen molar-refractivity contribution in [1.82, 2.24) is 0 Å². The molecule has 1 N–H and O–H groups in total. The summed E-state index contributed by atoms with van der Waals surface area (Å²) >= 11 is 0. The summed E-state index contributed by atoms with van der Waals surface area (Å²) in [5.74, 6) is 2.41. The highest BCUT2D eigenvalue weighted by Gasteiger charge is 2.05. The van der Waals surface area contributed by atoms with Crippen LogP contribution in [0.1, 0.15) is 5.56 Å². The molecule has 1 nitrogen and oxygen atoms in total. The Morgan fingerprint density at radius 1 is 0.750 bits per heavy atom. The lowest BCUT2D eigenvalue weighted by Gasteiger charge is -2.08. The summed E-state index contributed by atoms with van der Waals surface area (Å²) in [6.45, 7) is 0. The molecule has 11 heteroatoms. The Labute approximate surface area is 129 Å². The van der Waals surface area contributed by atoms with Gasteiger partial charge >= 0.3 is 0 Å². The first-order valence-corrected chi connectivity index (χ1v) is 6.66. The van der Waals surface area contributed by atoms with Crippen LogP contribution in [0.2, 0.25) is 0 Å². The molecule has 0 unspecified atom stereocenters. The van der Waals surface area contributed by atoms with Crippen LogP contribution in [-0.4, -0.2) is 75.9 Å². The molecule has 2 rings (SSSR count). The minimum atomic E-state index is 0.303. The first-order valence-electron chi connectivity index (χ1n) is 6.66. The number of allylic oxidation sites excluding steroid dienone is 1. The molecule has 0 spiro atoms. The Hall–Kier alpha value is -0.591. The summed E-state index contributed by atoms with van der Waals surface area (Å²) in [7, 11) is 20.2. The number of benzene rings is 1. The summed E-state index contributed by atoms with van der Waals surface area (Å²) < 4.78 is 0. The second-order valence-electron chi connectivity index (χ2n) is 4.48. The van der Waals surface area contributed by atoms with E-state index in [1.807, 2.05) is 75.8 Å². The van der Waals surface area contributed by atoms with Crippen LogP contribution in [0.25, 0.3) is 0 Å². The lowest BCUT2D eigenvalue weighted by molar-refractivity contribution is 0.475. The highest BCUT2D eigenvalue weighted by molar-refractivity contribution is 7.69. The van der Waals surface area contributed by atoms with Gasteiger partial charge in [-0.2, -0.15) is 0 Å². The van der Waals surface area contributed by atoms with Crippen molar-refractivity contribution in [2.24, 2.45) is 0 Å². The van der Waals surface area contributed by atoms with Gasteiger partial charge in [0, 0.05) is 56.5 Å². The monoisotopic (exact) mass is 242 g/mol. The average Bonchev–Trinajstić information content (AvgIpc) is 2.44. The lowest BCUT2D eigenvalue weighted by atomic mass is 8.88. The van der Waals surface area contributed by atoms with Gasteiger partial charge in [-0.05, 0) is 24.1 Å². The fourth-order valence-electron chi connectivity index (χ4n) is 1.83. The zero-order chi connectivity index (χ0) is 14.0. The quantitative estimate of drug-likeness (QED) is 0.597. The van der Waals surface area contributed by atoms with Crippen molar-refractivity contribution in [1.29, 1.82) is 0 Å². The zero-order valence-electron chi connectivity index (χ0n) is 11.3. The number of aromatic hydroxyl groups is 1. The molecule has 1 heterocycles. The van der Waals surface area contributed by atoms with Crippen molar-refractivity contribution in [3.8, 4) is 5.75 Å². The van der Waals surface area contributed by atoms with Crippen molar-refractivity contribution in [3.63, 3.8) is 0 Å². The van der Waals surface area contributed by atoms with Gasteiger partial charge in [-0.15, -0.1) is 11.4 Å². The summed E-state index contributed by atoms with van der Waals surface area (Å²) in [5.41, 5.74) is 2.40. The highest BCUT2D eigenvalue weighted by atomic mass is 16.3. The third-order valence-corrected chi connectivity index (χ3v) is 2.85. The van der Waals surface area contributed by atoms with Gasteiger partial charge in [0.25, 0.3) is 0 Å². The van der Waals surface area contributed by atoms with Crippen molar-refractivity contribution in [2.75, 3.05) is 0 Å². The Morgan fingerprint density at radius 2 is 1.35 bits per heavy atom. The fraction of sp³-hybridized carbons (Fsp3) is 0.111. The fourth-order valence-corrected chi connectivity index (χ4v) is 1.83. The molecule has 0 saturated carbocycles. The van der Waals surface area contributed by atoms with Crippen LogP contribution in [0.15, 0.2) is 35.7 Å². The molecule has 1 aliphatic heterocycles. The second kappa shape index (κ2) is 9.36. The number of phenols is 1. The molecular weight excluding hydrogens is 232 g/mol. The van der Waals surface area contributed by atoms with Crippen LogP contribution in [0.5, 0.6) is 5.75 Å². The molecule has 1 aromatic rings. The van der Waals surface area contributed by atoms with E-state index in [2.05, 4.69) is 13.1 Å². The largest absolute Gasteiger partial charge is 0.508 e. The van der Waals surface area contributed by atoms with Crippen LogP contribution < -0.4 is 0 Å². The molecule has 0 atom stereocenters. The van der Waals surface area contributed by atoms with E-state index in [-0.39, 0.29) is 0 Å². The maximum Gasteiger partial charge on any atom is 0.115 e. The normalized spacial score (nSPS) is 17.3. The van der Waals surface area contributed by atoms with E-state index in [0.29, 0.717) is 5.75 Å². The van der Waals surface area contributed by atoms with Gasteiger partial charge in [-0.25, -0.2) is 0 Å². The standard InChI is InChI=1S/C9H8B10O/c20-9-3-1-7(2-4-9)5-8-6-10-12-14-16-18-19-17-15-13-11-8/h1-4,6,20H,5H2/b8-6-. The summed E-state index contributed by atoms with van der Waals surface area (Å²) in [5, 5.41) is 9.31. The van der Waals surface area contributed by atoms with Gasteiger partial charge in [-0.3, -0.25) is 0 Å². The maximum absolute atomic E-state index is 9.31. The predicted molar refractivity (Wildman–Crippen MR) is 97.4 cm³/mol. The van der Waals surface area contributed by atoms with Gasteiger partial charge in [-0.1, -0.05) is 12.1 Å². The molecule has 20 heavy (non-hydrogen) atoms. The Morgan fingerprint density at radius 3 is 2.05 bits per heavy atom. The average molecular weight is 240 g/mol. The van der Waals surface area contributed by atoms with E-state index in [1.165, 1.54) is 11.0 Å². The van der Waals surface area contributed by atoms with E-state index in [0.717, 1.165) is 6.42 Å². The number of hydrogen-bond donors (Lipinski definition) is 1. The Balaban J connectivity index is 1.92. The molecule has 0 aliphatic carbocycles. The van der Waals surface area contributed by atoms with Crippen LogP contribution in [-0.2, 0) is 6.42 Å². The number of phenolic OH excluding ortho intramolecular Hbond substituents is 1. The van der Waals surface area contributed by atoms with Crippen molar-refractivity contribution in [2.45, 2.75) is 6.42 Å². The third kappa shape index (κ3) is 6.24. The molecule has 0 aromatic heterocycles. The molecule has 0 saturated heterocycles. The highest BCUT2D eigenvalue weighted by Crippen LogP contribution is 2.12. The van der Waals surface area contributed by atoms with Crippen LogP contribution in [0, 0.1) is 0 Å². The van der Waals surface area contributed by atoms with Crippen molar-refractivity contribution >= 4 is 70.8 Å². The minimum absolute atomic E-state index is 0.303. The lowest BCUT2D eigenvalue weighted by Crippen LogP contribution is -2.34. The Kier molecular flexibility index (Phi) is 7.39. The topological polar surface area (TPSA) is 20.2 Å². The van der Waals surface area contributed by atoms with E-state index >= 15 is 0 Å². The van der Waals surface area contributed by atoms with Gasteiger partial charge in [0.15, 0.2) is 0 Å². The van der Waals surface area contributed by atoms with Gasteiger partial charge in [0.05, 0.1) is 14.3 Å². The van der Waals surface area contributed by atoms with Gasteiger partial charge in [0.1, 0.15) is 5.75 Å². The maximum atomic E-state index is 9.31.